The highest BCUT2D eigenvalue weighted by molar-refractivity contribution is 5.80. The Morgan fingerprint density at radius 1 is 0.862 bits per heavy atom. The van der Waals surface area contributed by atoms with E-state index in [-0.39, 0.29) is 0 Å². The van der Waals surface area contributed by atoms with Gasteiger partial charge in [0.15, 0.2) is 11.5 Å². The van der Waals surface area contributed by atoms with Crippen molar-refractivity contribution in [2.75, 3.05) is 34.4 Å². The van der Waals surface area contributed by atoms with E-state index in [0.717, 1.165) is 47.0 Å². The van der Waals surface area contributed by atoms with Crippen molar-refractivity contribution in [2.24, 2.45) is 5.92 Å². The Morgan fingerprint density at radius 2 is 1.62 bits per heavy atom. The van der Waals surface area contributed by atoms with Crippen molar-refractivity contribution in [3.8, 4) is 28.6 Å². The molecule has 2 aromatic carbocycles. The smallest absolute Gasteiger partial charge is 0.214 e. The van der Waals surface area contributed by atoms with Crippen LogP contribution in [0.4, 0.5) is 0 Å². The fraction of sp³-hybridized carbons (Fsp3) is 0.375. The van der Waals surface area contributed by atoms with Crippen molar-refractivity contribution in [1.82, 2.24) is 4.58 Å². The number of piperidine rings is 1. The van der Waals surface area contributed by atoms with Crippen LogP contribution in [0.5, 0.6) is 17.2 Å². The zero-order valence-corrected chi connectivity index (χ0v) is 17.5. The quantitative estimate of drug-likeness (QED) is 0.618. The van der Waals surface area contributed by atoms with Gasteiger partial charge in [-0.15, -0.1) is 0 Å². The number of hydrogen-bond donors (Lipinski definition) is 0. The average molecular weight is 394 g/mol. The summed E-state index contributed by atoms with van der Waals surface area (Å²) in [5.74, 6) is 3.79. The SMILES string of the molecule is COc1ccc2oc(-c3ccc(OC)c(OC)c3)cc(=[N+]3CCC(C)CC3)c2c1. The highest BCUT2D eigenvalue weighted by Crippen LogP contribution is 2.33. The molecule has 0 aliphatic carbocycles. The number of methoxy groups -OCH3 is 3. The number of ether oxygens (including phenoxy) is 3. The molecular formula is C24H28NO4+. The van der Waals surface area contributed by atoms with Gasteiger partial charge >= 0.3 is 0 Å². The molecule has 0 saturated carbocycles. The monoisotopic (exact) mass is 394 g/mol. The molecule has 3 aromatic rings. The molecular weight excluding hydrogens is 366 g/mol. The molecule has 4 rings (SSSR count). The van der Waals surface area contributed by atoms with Gasteiger partial charge in [0.1, 0.15) is 30.2 Å². The minimum absolute atomic E-state index is 0.684. The number of rotatable bonds is 4. The fourth-order valence-corrected chi connectivity index (χ4v) is 3.92. The first kappa shape index (κ1) is 19.4. The maximum absolute atomic E-state index is 6.29. The second-order valence-corrected chi connectivity index (χ2v) is 7.60. The van der Waals surface area contributed by atoms with E-state index in [4.69, 9.17) is 18.6 Å². The van der Waals surface area contributed by atoms with E-state index in [9.17, 15) is 0 Å². The predicted octanol–water partition coefficient (Wildman–Crippen LogP) is 4.33. The minimum atomic E-state index is 0.684. The molecule has 0 amide bonds. The third kappa shape index (κ3) is 3.82. The van der Waals surface area contributed by atoms with Crippen molar-refractivity contribution in [3.05, 3.63) is 47.8 Å². The topological polar surface area (TPSA) is 43.8 Å². The molecule has 152 valence electrons. The average Bonchev–Trinajstić information content (AvgIpc) is 2.78. The maximum Gasteiger partial charge on any atom is 0.214 e. The van der Waals surface area contributed by atoms with E-state index in [1.165, 1.54) is 18.2 Å². The summed E-state index contributed by atoms with van der Waals surface area (Å²) in [4.78, 5) is 0. The molecule has 0 unspecified atom stereocenters. The second kappa shape index (κ2) is 8.19. The van der Waals surface area contributed by atoms with Crippen LogP contribution in [0.3, 0.4) is 0 Å². The minimum Gasteiger partial charge on any atom is -0.497 e. The van der Waals surface area contributed by atoms with Crippen molar-refractivity contribution < 1.29 is 18.6 Å². The summed E-state index contributed by atoms with van der Waals surface area (Å²) >= 11 is 0. The first-order valence-electron chi connectivity index (χ1n) is 10.0. The Bertz CT molecular complexity index is 1090. The molecule has 1 aliphatic rings. The van der Waals surface area contributed by atoms with Crippen LogP contribution >= 0.6 is 0 Å². The summed E-state index contributed by atoms with van der Waals surface area (Å²) in [6.07, 6.45) is 2.40. The fourth-order valence-electron chi connectivity index (χ4n) is 3.92. The van der Waals surface area contributed by atoms with Crippen LogP contribution in [0, 0.1) is 5.92 Å². The molecule has 1 aliphatic heterocycles. The van der Waals surface area contributed by atoms with Gasteiger partial charge in [0, 0.05) is 18.4 Å². The van der Waals surface area contributed by atoms with E-state index in [2.05, 4.69) is 23.6 Å². The van der Waals surface area contributed by atoms with E-state index in [0.29, 0.717) is 11.5 Å². The summed E-state index contributed by atoms with van der Waals surface area (Å²) in [5, 5.41) is 2.25. The second-order valence-electron chi connectivity index (χ2n) is 7.60. The van der Waals surface area contributed by atoms with Crippen LogP contribution in [-0.4, -0.2) is 34.4 Å². The van der Waals surface area contributed by atoms with Gasteiger partial charge in [-0.05, 0) is 42.3 Å². The Labute approximate surface area is 171 Å². The molecule has 1 saturated heterocycles. The number of benzene rings is 2. The summed E-state index contributed by atoms with van der Waals surface area (Å²) < 4.78 is 25.1. The molecule has 0 spiro atoms. The first-order valence-corrected chi connectivity index (χ1v) is 10.0. The lowest BCUT2D eigenvalue weighted by Gasteiger charge is -2.17. The molecule has 1 aromatic heterocycles. The molecule has 5 nitrogen and oxygen atoms in total. The van der Waals surface area contributed by atoms with Gasteiger partial charge in [0.25, 0.3) is 0 Å². The molecule has 1 fully saturated rings. The van der Waals surface area contributed by atoms with Crippen molar-refractivity contribution in [3.63, 3.8) is 0 Å². The van der Waals surface area contributed by atoms with E-state index in [1.54, 1.807) is 21.3 Å². The lowest BCUT2D eigenvalue weighted by molar-refractivity contribution is 0.355. The lowest BCUT2D eigenvalue weighted by Crippen LogP contribution is -2.37. The van der Waals surface area contributed by atoms with Gasteiger partial charge < -0.3 is 18.6 Å². The number of hydrogen-bond acceptors (Lipinski definition) is 4. The van der Waals surface area contributed by atoms with Gasteiger partial charge in [-0.3, -0.25) is 0 Å². The molecule has 0 bridgehead atoms. The third-order valence-electron chi connectivity index (χ3n) is 5.74. The van der Waals surface area contributed by atoms with E-state index >= 15 is 0 Å². The summed E-state index contributed by atoms with van der Waals surface area (Å²) in [6, 6.07) is 14.0. The third-order valence-corrected chi connectivity index (χ3v) is 5.74. The Balaban J connectivity index is 1.94. The van der Waals surface area contributed by atoms with Crippen LogP contribution in [0.1, 0.15) is 19.8 Å². The molecule has 5 heteroatoms. The van der Waals surface area contributed by atoms with Crippen LogP contribution in [0.15, 0.2) is 46.9 Å². The van der Waals surface area contributed by atoms with Gasteiger partial charge in [0.05, 0.1) is 32.8 Å². The first-order chi connectivity index (χ1) is 14.1. The predicted molar refractivity (Wildman–Crippen MR) is 115 cm³/mol. The lowest BCUT2D eigenvalue weighted by atomic mass is 10.00. The normalized spacial score (nSPS) is 16.7. The molecule has 0 N–H and O–H groups in total. The number of fused-ring (bicyclic) bond motifs is 1. The zero-order chi connectivity index (χ0) is 20.4. The Kier molecular flexibility index (Phi) is 5.47. The van der Waals surface area contributed by atoms with Crippen molar-refractivity contribution in [2.45, 2.75) is 19.8 Å². The summed E-state index contributed by atoms with van der Waals surface area (Å²) in [7, 11) is 4.98. The van der Waals surface area contributed by atoms with Gasteiger partial charge in [-0.1, -0.05) is 6.92 Å². The number of nitrogens with zero attached hydrogens (tertiary/aromatic N) is 1. The molecule has 0 atom stereocenters. The van der Waals surface area contributed by atoms with Crippen LogP contribution in [-0.2, 0) is 0 Å². The van der Waals surface area contributed by atoms with Crippen LogP contribution < -0.4 is 24.1 Å². The highest BCUT2D eigenvalue weighted by Gasteiger charge is 2.21. The van der Waals surface area contributed by atoms with Crippen LogP contribution in [0.2, 0.25) is 0 Å². The largest absolute Gasteiger partial charge is 0.497 e. The maximum atomic E-state index is 6.29. The highest BCUT2D eigenvalue weighted by atomic mass is 16.5. The Morgan fingerprint density at radius 3 is 2.31 bits per heavy atom. The van der Waals surface area contributed by atoms with Gasteiger partial charge in [0.2, 0.25) is 5.36 Å². The molecule has 0 radical (unpaired) electrons. The molecule has 2 heterocycles. The molecule has 29 heavy (non-hydrogen) atoms. The Hall–Kier alpha value is -2.95. The standard InChI is InChI=1S/C24H28NO4/c1-16-9-11-25(12-10-16)20-15-23(17-5-7-22(27-3)24(13-17)28-4)29-21-8-6-18(26-2)14-19(20)21/h5-8,13-16H,9-12H2,1-4H3/q+1. The zero-order valence-electron chi connectivity index (χ0n) is 17.5. The summed E-state index contributed by atoms with van der Waals surface area (Å²) in [5.41, 5.74) is 1.79. The van der Waals surface area contributed by atoms with Crippen molar-refractivity contribution in [1.29, 1.82) is 0 Å². The summed E-state index contributed by atoms with van der Waals surface area (Å²) in [6.45, 7) is 4.42. The van der Waals surface area contributed by atoms with E-state index in [1.807, 2.05) is 30.3 Å². The van der Waals surface area contributed by atoms with Crippen molar-refractivity contribution >= 4 is 11.0 Å². The van der Waals surface area contributed by atoms with E-state index < -0.39 is 0 Å². The van der Waals surface area contributed by atoms with Crippen LogP contribution in [0.25, 0.3) is 22.3 Å². The van der Waals surface area contributed by atoms with Gasteiger partial charge in [-0.25, -0.2) is 4.58 Å². The van der Waals surface area contributed by atoms with Gasteiger partial charge in [-0.2, -0.15) is 0 Å².